The monoisotopic (exact) mass is 524 g/mol. The number of methoxy groups -OCH3 is 2. The molecule has 3 rings (SSSR count). The molecular weight excluding hydrogens is 480 g/mol. The largest absolute Gasteiger partial charge is 0.493 e. The predicted molar refractivity (Wildman–Crippen MR) is 150 cm³/mol. The fraction of sp³-hybridized carbons (Fsp3) is 0.548. The second kappa shape index (κ2) is 14.6. The summed E-state index contributed by atoms with van der Waals surface area (Å²) < 4.78 is 17.1. The van der Waals surface area contributed by atoms with Gasteiger partial charge in [-0.1, -0.05) is 32.0 Å². The van der Waals surface area contributed by atoms with Gasteiger partial charge in [0.2, 0.25) is 5.91 Å². The summed E-state index contributed by atoms with van der Waals surface area (Å²) in [6.45, 7) is 8.76. The molecule has 1 aliphatic rings. The Balaban J connectivity index is 1.82. The third kappa shape index (κ3) is 7.89. The molecule has 1 atom stereocenters. The first-order chi connectivity index (χ1) is 18.4. The van der Waals surface area contributed by atoms with Gasteiger partial charge in [0.1, 0.15) is 12.4 Å². The van der Waals surface area contributed by atoms with E-state index in [2.05, 4.69) is 13.8 Å². The zero-order chi connectivity index (χ0) is 27.5. The molecule has 7 nitrogen and oxygen atoms in total. The fourth-order valence-corrected chi connectivity index (χ4v) is 5.06. The lowest BCUT2D eigenvalue weighted by molar-refractivity contribution is -0.134. The topological polar surface area (TPSA) is 68.3 Å². The van der Waals surface area contributed by atoms with Crippen LogP contribution in [-0.2, 0) is 11.2 Å². The molecule has 7 heteroatoms. The fourth-order valence-electron chi connectivity index (χ4n) is 5.06. The minimum Gasteiger partial charge on any atom is -0.493 e. The lowest BCUT2D eigenvalue weighted by Gasteiger charge is -2.33. The molecule has 208 valence electrons. The average molecular weight is 525 g/mol. The molecule has 2 amide bonds. The van der Waals surface area contributed by atoms with Gasteiger partial charge in [0.25, 0.3) is 5.91 Å². The smallest absolute Gasteiger partial charge is 0.257 e. The van der Waals surface area contributed by atoms with Crippen LogP contribution in [0.1, 0.15) is 68.8 Å². The van der Waals surface area contributed by atoms with Gasteiger partial charge in [-0.05, 0) is 74.8 Å². The lowest BCUT2D eigenvalue weighted by Crippen LogP contribution is -2.45. The van der Waals surface area contributed by atoms with Crippen LogP contribution < -0.4 is 14.2 Å². The van der Waals surface area contributed by atoms with Crippen molar-refractivity contribution in [3.8, 4) is 17.2 Å². The Morgan fingerprint density at radius 1 is 1.03 bits per heavy atom. The van der Waals surface area contributed by atoms with Gasteiger partial charge >= 0.3 is 0 Å². The summed E-state index contributed by atoms with van der Waals surface area (Å²) in [6.07, 6.45) is 4.62. The van der Waals surface area contributed by atoms with Gasteiger partial charge in [-0.3, -0.25) is 9.59 Å². The van der Waals surface area contributed by atoms with Crippen LogP contribution in [0.2, 0.25) is 0 Å². The van der Waals surface area contributed by atoms with E-state index in [1.807, 2.05) is 59.2 Å². The minimum atomic E-state index is -0.0703. The average Bonchev–Trinajstić information content (AvgIpc) is 2.93. The summed E-state index contributed by atoms with van der Waals surface area (Å²) in [4.78, 5) is 30.9. The van der Waals surface area contributed by atoms with Gasteiger partial charge in [0.05, 0.1) is 25.8 Å². The molecule has 2 aromatic rings. The quantitative estimate of drug-likeness (QED) is 0.449. The summed E-state index contributed by atoms with van der Waals surface area (Å²) in [7, 11) is 3.23. The first-order valence-corrected chi connectivity index (χ1v) is 13.9. The van der Waals surface area contributed by atoms with Crippen molar-refractivity contribution in [2.24, 2.45) is 5.92 Å². The molecule has 2 aromatic carbocycles. The zero-order valence-electron chi connectivity index (χ0n) is 23.7. The number of carbonyl (C=O) groups excluding carboxylic acids is 2. The highest BCUT2D eigenvalue weighted by atomic mass is 16.5. The van der Waals surface area contributed by atoms with E-state index < -0.39 is 0 Å². The van der Waals surface area contributed by atoms with Crippen molar-refractivity contribution in [2.75, 3.05) is 40.5 Å². The second-order valence-electron chi connectivity index (χ2n) is 10.3. The van der Waals surface area contributed by atoms with E-state index in [1.54, 1.807) is 14.2 Å². The molecule has 1 heterocycles. The molecule has 0 aliphatic carbocycles. The van der Waals surface area contributed by atoms with Gasteiger partial charge in [0.15, 0.2) is 11.5 Å². The summed E-state index contributed by atoms with van der Waals surface area (Å²) in [6, 6.07) is 13.2. The number of rotatable bonds is 8. The Hall–Kier alpha value is -3.22. The summed E-state index contributed by atoms with van der Waals surface area (Å²) in [5.41, 5.74) is 1.62. The number of para-hydroxylation sites is 1. The van der Waals surface area contributed by atoms with Crippen molar-refractivity contribution in [1.82, 2.24) is 9.80 Å². The van der Waals surface area contributed by atoms with Crippen molar-refractivity contribution >= 4 is 11.8 Å². The third-order valence-corrected chi connectivity index (χ3v) is 7.12. The van der Waals surface area contributed by atoms with Crippen LogP contribution in [0.3, 0.4) is 0 Å². The van der Waals surface area contributed by atoms with Crippen molar-refractivity contribution in [3.05, 3.63) is 53.6 Å². The number of amides is 2. The maximum atomic E-state index is 13.7. The molecule has 0 unspecified atom stereocenters. The Morgan fingerprint density at radius 3 is 2.47 bits per heavy atom. The standard InChI is InChI=1S/C31H44N2O5/c1-6-32-18-10-7-11-19-33(30(34)17-15-24-14-16-28(36-4)29(21-24)37-5)25(20-23(2)3)22-38-27-13-9-8-12-26(27)31(32)35/h8-9,12-14,16,21,23,25H,6-7,10-11,15,17-20,22H2,1-5H3/t25-/m0/s1. The molecule has 0 aromatic heterocycles. The molecule has 0 bridgehead atoms. The Kier molecular flexibility index (Phi) is 11.3. The molecule has 1 aliphatic heterocycles. The van der Waals surface area contributed by atoms with Gasteiger partial charge in [-0.2, -0.15) is 0 Å². The zero-order valence-corrected chi connectivity index (χ0v) is 23.7. The van der Waals surface area contributed by atoms with Gasteiger partial charge in [-0.25, -0.2) is 0 Å². The molecule has 0 saturated carbocycles. The maximum Gasteiger partial charge on any atom is 0.257 e. The van der Waals surface area contributed by atoms with Crippen molar-refractivity contribution in [2.45, 2.75) is 65.3 Å². The van der Waals surface area contributed by atoms with Crippen molar-refractivity contribution in [1.29, 1.82) is 0 Å². The molecule has 38 heavy (non-hydrogen) atoms. The van der Waals surface area contributed by atoms with Gasteiger partial charge in [0, 0.05) is 26.1 Å². The number of carbonyl (C=O) groups is 2. The van der Waals surface area contributed by atoms with E-state index in [0.29, 0.717) is 67.8 Å². The van der Waals surface area contributed by atoms with Gasteiger partial charge < -0.3 is 24.0 Å². The second-order valence-corrected chi connectivity index (χ2v) is 10.3. The van der Waals surface area contributed by atoms with Gasteiger partial charge in [-0.15, -0.1) is 0 Å². The third-order valence-electron chi connectivity index (χ3n) is 7.12. The number of nitrogens with zero attached hydrogens (tertiary/aromatic N) is 2. The van der Waals surface area contributed by atoms with E-state index in [0.717, 1.165) is 31.2 Å². The van der Waals surface area contributed by atoms with E-state index in [-0.39, 0.29) is 17.9 Å². The number of fused-ring (bicyclic) bond motifs is 1. The van der Waals surface area contributed by atoms with Crippen molar-refractivity contribution < 1.29 is 23.8 Å². The van der Waals surface area contributed by atoms with Crippen molar-refractivity contribution in [3.63, 3.8) is 0 Å². The van der Waals surface area contributed by atoms with Crippen LogP contribution >= 0.6 is 0 Å². The van der Waals surface area contributed by atoms with Crippen LogP contribution in [0.5, 0.6) is 17.2 Å². The minimum absolute atomic E-state index is 0.00519. The van der Waals surface area contributed by atoms with E-state index in [1.165, 1.54) is 0 Å². The molecule has 0 N–H and O–H groups in total. The Labute approximate surface area is 228 Å². The number of aryl methyl sites for hydroxylation is 1. The van der Waals surface area contributed by atoms with Crippen LogP contribution in [0.15, 0.2) is 42.5 Å². The predicted octanol–water partition coefficient (Wildman–Crippen LogP) is 5.60. The Morgan fingerprint density at radius 2 is 1.76 bits per heavy atom. The van der Waals surface area contributed by atoms with E-state index in [9.17, 15) is 9.59 Å². The number of hydrogen-bond donors (Lipinski definition) is 0. The molecule has 0 fully saturated rings. The summed E-state index contributed by atoms with van der Waals surface area (Å²) >= 11 is 0. The normalized spacial score (nSPS) is 17.1. The molecular formula is C31H44N2O5. The first kappa shape index (κ1) is 29.3. The summed E-state index contributed by atoms with van der Waals surface area (Å²) in [5, 5.41) is 0. The highest BCUT2D eigenvalue weighted by molar-refractivity contribution is 5.97. The molecule has 0 spiro atoms. The van der Waals surface area contributed by atoms with E-state index in [4.69, 9.17) is 14.2 Å². The molecule has 0 radical (unpaired) electrons. The summed E-state index contributed by atoms with van der Waals surface area (Å²) in [5.74, 6) is 2.46. The highest BCUT2D eigenvalue weighted by Crippen LogP contribution is 2.28. The first-order valence-electron chi connectivity index (χ1n) is 13.9. The Bertz CT molecular complexity index is 1050. The van der Waals surface area contributed by atoms with Crippen LogP contribution in [0, 0.1) is 5.92 Å². The molecule has 0 saturated heterocycles. The van der Waals surface area contributed by atoms with E-state index >= 15 is 0 Å². The SMILES string of the molecule is CCN1CCCCCN(C(=O)CCc2ccc(OC)c(OC)c2)[C@@H](CC(C)C)COc2ccccc2C1=O. The number of benzene rings is 2. The maximum absolute atomic E-state index is 13.7. The highest BCUT2D eigenvalue weighted by Gasteiger charge is 2.27. The lowest BCUT2D eigenvalue weighted by atomic mass is 10.0. The van der Waals surface area contributed by atoms with Crippen LogP contribution in [-0.4, -0.2) is 68.1 Å². The van der Waals surface area contributed by atoms with Crippen LogP contribution in [0.4, 0.5) is 0 Å². The number of hydrogen-bond acceptors (Lipinski definition) is 5. The number of ether oxygens (including phenoxy) is 3. The van der Waals surface area contributed by atoms with Crippen LogP contribution in [0.25, 0.3) is 0 Å².